The molecule has 1 fully saturated rings. The van der Waals surface area contributed by atoms with E-state index in [1.54, 1.807) is 6.20 Å². The van der Waals surface area contributed by atoms with Crippen molar-refractivity contribution in [3.63, 3.8) is 0 Å². The van der Waals surface area contributed by atoms with E-state index in [2.05, 4.69) is 16.4 Å². The highest BCUT2D eigenvalue weighted by molar-refractivity contribution is 5.93. The Bertz CT molecular complexity index is 489. The fraction of sp³-hybridized carbons (Fsp3) is 0.182. The van der Waals surface area contributed by atoms with Gasteiger partial charge in [-0.05, 0) is 17.0 Å². The molecule has 1 aromatic carbocycles. The summed E-state index contributed by atoms with van der Waals surface area (Å²) in [7, 11) is 0. The minimum absolute atomic E-state index is 0.514. The summed E-state index contributed by atoms with van der Waals surface area (Å²) in [5, 5.41) is 5.57. The molecule has 3 N–H and O–H groups in total. The first-order valence-corrected chi connectivity index (χ1v) is 4.73. The first-order chi connectivity index (χ1) is 6.86. The first-order valence-electron chi connectivity index (χ1n) is 4.73. The van der Waals surface area contributed by atoms with Crippen LogP contribution in [0.1, 0.15) is 11.6 Å². The lowest BCUT2D eigenvalue weighted by molar-refractivity contribution is 1.09. The molecule has 0 bridgehead atoms. The molecule has 0 amide bonds. The van der Waals surface area contributed by atoms with Gasteiger partial charge in [-0.25, -0.2) is 4.98 Å². The molecule has 0 saturated carbocycles. The van der Waals surface area contributed by atoms with Crippen molar-refractivity contribution >= 4 is 16.6 Å². The molecule has 0 radical (unpaired) electrons. The fourth-order valence-electron chi connectivity index (χ4n) is 1.84. The van der Waals surface area contributed by atoms with Gasteiger partial charge in [0.05, 0.1) is 0 Å². The van der Waals surface area contributed by atoms with E-state index in [0.717, 1.165) is 11.9 Å². The third-order valence-electron chi connectivity index (χ3n) is 2.65. The molecule has 1 saturated heterocycles. The molecule has 2 heterocycles. The summed E-state index contributed by atoms with van der Waals surface area (Å²) in [5.74, 6) is 0.616. The molecule has 14 heavy (non-hydrogen) atoms. The van der Waals surface area contributed by atoms with Gasteiger partial charge in [-0.3, -0.25) is 0 Å². The Morgan fingerprint density at radius 2 is 2.14 bits per heavy atom. The molecule has 1 aromatic heterocycles. The number of nitrogens with two attached hydrogens (primary N) is 1. The van der Waals surface area contributed by atoms with Crippen LogP contribution in [0.5, 0.6) is 0 Å². The number of anilines is 1. The average Bonchev–Trinajstić information content (AvgIpc) is 3.01. The van der Waals surface area contributed by atoms with Gasteiger partial charge in [-0.2, -0.15) is 0 Å². The van der Waals surface area contributed by atoms with E-state index in [1.807, 2.05) is 18.2 Å². The minimum atomic E-state index is 0.514. The van der Waals surface area contributed by atoms with Gasteiger partial charge in [-0.1, -0.05) is 18.2 Å². The van der Waals surface area contributed by atoms with Gasteiger partial charge in [0, 0.05) is 24.2 Å². The van der Waals surface area contributed by atoms with Crippen molar-refractivity contribution in [3.8, 4) is 0 Å². The largest absolute Gasteiger partial charge is 0.383 e. The Labute approximate surface area is 81.9 Å². The zero-order valence-electron chi connectivity index (χ0n) is 7.70. The van der Waals surface area contributed by atoms with Crippen LogP contribution >= 0.6 is 0 Å². The number of nitrogen functional groups attached to an aromatic ring is 1. The summed E-state index contributed by atoms with van der Waals surface area (Å²) in [5.41, 5.74) is 7.14. The van der Waals surface area contributed by atoms with Gasteiger partial charge in [0.15, 0.2) is 0 Å². The van der Waals surface area contributed by atoms with Crippen molar-refractivity contribution < 1.29 is 0 Å². The standard InChI is InChI=1S/C11H11N3/c12-11-9-3-1-2-8(10-6-14-10)7(9)4-5-13-11/h1-5,10,14H,6H2,(H2,12,13). The Morgan fingerprint density at radius 3 is 2.93 bits per heavy atom. The van der Waals surface area contributed by atoms with Crippen LogP contribution in [0.25, 0.3) is 10.8 Å². The quantitative estimate of drug-likeness (QED) is 0.661. The summed E-state index contributed by atoms with van der Waals surface area (Å²) in [6, 6.07) is 8.74. The number of pyridine rings is 1. The number of nitrogens with zero attached hydrogens (tertiary/aromatic N) is 1. The number of hydrogen-bond acceptors (Lipinski definition) is 3. The Balaban J connectivity index is 2.35. The number of nitrogens with one attached hydrogen (secondary N) is 1. The van der Waals surface area contributed by atoms with E-state index in [4.69, 9.17) is 5.73 Å². The molecular weight excluding hydrogens is 174 g/mol. The Morgan fingerprint density at radius 1 is 1.29 bits per heavy atom. The van der Waals surface area contributed by atoms with Crippen LogP contribution in [0.2, 0.25) is 0 Å². The Hall–Kier alpha value is -1.61. The summed E-state index contributed by atoms with van der Waals surface area (Å²) in [4.78, 5) is 4.09. The van der Waals surface area contributed by atoms with Crippen molar-refractivity contribution in [2.75, 3.05) is 12.3 Å². The fourth-order valence-corrected chi connectivity index (χ4v) is 1.84. The maximum Gasteiger partial charge on any atom is 0.131 e. The first kappa shape index (κ1) is 7.76. The number of fused-ring (bicyclic) bond motifs is 1. The van der Waals surface area contributed by atoms with Gasteiger partial charge >= 0.3 is 0 Å². The molecule has 1 unspecified atom stereocenters. The van der Waals surface area contributed by atoms with Gasteiger partial charge in [-0.15, -0.1) is 0 Å². The molecule has 1 aliphatic heterocycles. The predicted octanol–water partition coefficient (Wildman–Crippen LogP) is 1.46. The van der Waals surface area contributed by atoms with Crippen molar-refractivity contribution in [1.82, 2.24) is 10.3 Å². The Kier molecular flexibility index (Phi) is 1.49. The molecule has 0 aliphatic carbocycles. The van der Waals surface area contributed by atoms with Crippen molar-refractivity contribution in [3.05, 3.63) is 36.0 Å². The van der Waals surface area contributed by atoms with Crippen LogP contribution in [0.3, 0.4) is 0 Å². The summed E-state index contributed by atoms with van der Waals surface area (Å²) in [6.07, 6.45) is 1.77. The van der Waals surface area contributed by atoms with E-state index in [-0.39, 0.29) is 0 Å². The second-order valence-corrected chi connectivity index (χ2v) is 3.60. The highest BCUT2D eigenvalue weighted by Crippen LogP contribution is 2.30. The lowest BCUT2D eigenvalue weighted by Gasteiger charge is -2.05. The number of hydrogen-bond donors (Lipinski definition) is 2. The van der Waals surface area contributed by atoms with E-state index in [0.29, 0.717) is 11.9 Å². The zero-order chi connectivity index (χ0) is 9.54. The second kappa shape index (κ2) is 2.69. The van der Waals surface area contributed by atoms with Crippen molar-refractivity contribution in [2.24, 2.45) is 0 Å². The van der Waals surface area contributed by atoms with Crippen LogP contribution in [-0.4, -0.2) is 11.5 Å². The zero-order valence-corrected chi connectivity index (χ0v) is 7.70. The molecule has 3 nitrogen and oxygen atoms in total. The molecule has 3 rings (SSSR count). The molecule has 70 valence electrons. The van der Waals surface area contributed by atoms with Crippen LogP contribution in [0, 0.1) is 0 Å². The van der Waals surface area contributed by atoms with Gasteiger partial charge in [0.25, 0.3) is 0 Å². The van der Waals surface area contributed by atoms with Gasteiger partial charge in [0.1, 0.15) is 5.82 Å². The molecule has 3 heteroatoms. The lowest BCUT2D eigenvalue weighted by atomic mass is 10.0. The van der Waals surface area contributed by atoms with Crippen LogP contribution < -0.4 is 11.1 Å². The lowest BCUT2D eigenvalue weighted by Crippen LogP contribution is -1.93. The highest BCUT2D eigenvalue weighted by Gasteiger charge is 2.23. The molecule has 2 aromatic rings. The van der Waals surface area contributed by atoms with Crippen molar-refractivity contribution in [1.29, 1.82) is 0 Å². The smallest absolute Gasteiger partial charge is 0.131 e. The number of rotatable bonds is 1. The SMILES string of the molecule is Nc1nccc2c(C3CN3)cccc12. The van der Waals surface area contributed by atoms with Crippen LogP contribution in [0.4, 0.5) is 5.82 Å². The minimum Gasteiger partial charge on any atom is -0.383 e. The molecule has 1 aliphatic rings. The topological polar surface area (TPSA) is 60.8 Å². The van der Waals surface area contributed by atoms with Crippen LogP contribution in [-0.2, 0) is 0 Å². The van der Waals surface area contributed by atoms with Crippen molar-refractivity contribution in [2.45, 2.75) is 6.04 Å². The van der Waals surface area contributed by atoms with E-state index in [9.17, 15) is 0 Å². The monoisotopic (exact) mass is 185 g/mol. The van der Waals surface area contributed by atoms with Crippen LogP contribution in [0.15, 0.2) is 30.5 Å². The highest BCUT2D eigenvalue weighted by atomic mass is 15.1. The average molecular weight is 185 g/mol. The maximum atomic E-state index is 5.81. The van der Waals surface area contributed by atoms with E-state index in [1.165, 1.54) is 10.9 Å². The van der Waals surface area contributed by atoms with Gasteiger partial charge < -0.3 is 11.1 Å². The van der Waals surface area contributed by atoms with Gasteiger partial charge in [0.2, 0.25) is 0 Å². The normalized spacial score (nSPS) is 19.9. The molecular formula is C11H11N3. The number of aromatic nitrogens is 1. The number of benzene rings is 1. The third kappa shape index (κ3) is 1.06. The second-order valence-electron chi connectivity index (χ2n) is 3.60. The summed E-state index contributed by atoms with van der Waals surface area (Å²) in [6.45, 7) is 1.07. The van der Waals surface area contributed by atoms with E-state index >= 15 is 0 Å². The summed E-state index contributed by atoms with van der Waals surface area (Å²) >= 11 is 0. The maximum absolute atomic E-state index is 5.81. The third-order valence-corrected chi connectivity index (χ3v) is 2.65. The van der Waals surface area contributed by atoms with E-state index < -0.39 is 0 Å². The molecule has 1 atom stereocenters. The molecule has 0 spiro atoms. The summed E-state index contributed by atoms with van der Waals surface area (Å²) < 4.78 is 0. The predicted molar refractivity (Wildman–Crippen MR) is 56.9 cm³/mol.